The molecule has 1 aromatic rings. The third kappa shape index (κ3) is 2.20. The Morgan fingerprint density at radius 2 is 1.82 bits per heavy atom. The van der Waals surface area contributed by atoms with E-state index >= 15 is 0 Å². The number of hydrogen-bond acceptors (Lipinski definition) is 2. The first kappa shape index (κ1) is 12.1. The summed E-state index contributed by atoms with van der Waals surface area (Å²) < 4.78 is 37.5. The van der Waals surface area contributed by atoms with Crippen LogP contribution in [-0.2, 0) is 16.6 Å². The van der Waals surface area contributed by atoms with Gasteiger partial charge in [-0.3, -0.25) is 4.79 Å². The number of hydrogen-bond donors (Lipinski definition) is 1. The number of carbonyl (C=O) groups excluding carboxylic acids is 1. The van der Waals surface area contributed by atoms with Gasteiger partial charge < -0.3 is 5.11 Å². The van der Waals surface area contributed by atoms with E-state index in [9.17, 15) is 23.1 Å². The summed E-state index contributed by atoms with van der Waals surface area (Å²) in [5.74, 6) is -0.261. The fraction of sp³-hybridized carbons (Fsp3) is 0.417. The lowest BCUT2D eigenvalue weighted by atomic mass is 9.89. The summed E-state index contributed by atoms with van der Waals surface area (Å²) >= 11 is 0. The van der Waals surface area contributed by atoms with Crippen molar-refractivity contribution < 1.29 is 23.1 Å². The molecule has 2 nitrogen and oxygen atoms in total. The molecule has 0 radical (unpaired) electrons. The van der Waals surface area contributed by atoms with Crippen molar-refractivity contribution in [2.45, 2.75) is 24.6 Å². The number of carbonyl (C=O) groups is 1. The van der Waals surface area contributed by atoms with E-state index in [1.54, 1.807) is 0 Å². The maximum Gasteiger partial charge on any atom is 0.416 e. The third-order valence-electron chi connectivity index (χ3n) is 3.03. The molecule has 0 aromatic heterocycles. The molecule has 17 heavy (non-hydrogen) atoms. The number of rotatable bonds is 3. The van der Waals surface area contributed by atoms with Gasteiger partial charge in [-0.25, -0.2) is 0 Å². The molecule has 0 aliphatic heterocycles. The van der Waals surface area contributed by atoms with Crippen LogP contribution in [0.4, 0.5) is 13.2 Å². The molecule has 1 N–H and O–H groups in total. The molecular formula is C12H11F3O2. The number of alkyl halides is 3. The molecule has 92 valence electrons. The zero-order valence-electron chi connectivity index (χ0n) is 8.87. The normalized spacial score (nSPS) is 19.8. The Balaban J connectivity index is 2.42. The smallest absolute Gasteiger partial charge is 0.377 e. The van der Waals surface area contributed by atoms with Gasteiger partial charge in [0.15, 0.2) is 6.29 Å². The Morgan fingerprint density at radius 3 is 2.29 bits per heavy atom. The Labute approximate surface area is 96.1 Å². The van der Waals surface area contributed by atoms with Gasteiger partial charge >= 0.3 is 6.18 Å². The van der Waals surface area contributed by atoms with Crippen LogP contribution in [0.25, 0.3) is 0 Å². The molecule has 1 saturated carbocycles. The van der Waals surface area contributed by atoms with Gasteiger partial charge in [0.25, 0.3) is 0 Å². The first-order valence-electron chi connectivity index (χ1n) is 5.24. The first-order valence-corrected chi connectivity index (χ1v) is 5.24. The van der Waals surface area contributed by atoms with Gasteiger partial charge in [0.05, 0.1) is 5.56 Å². The van der Waals surface area contributed by atoms with Crippen LogP contribution >= 0.6 is 0 Å². The van der Waals surface area contributed by atoms with Crippen LogP contribution in [-0.4, -0.2) is 11.4 Å². The standard InChI is InChI=1S/C12H11F3O2/c13-12(14,15)10-3-1-2-9(6-10)11(17,7-16)8-4-5-8/h1-3,6-8,17H,4-5H2. The van der Waals surface area contributed by atoms with Crippen molar-refractivity contribution in [3.63, 3.8) is 0 Å². The number of benzene rings is 1. The lowest BCUT2D eigenvalue weighted by Crippen LogP contribution is -2.30. The van der Waals surface area contributed by atoms with Crippen molar-refractivity contribution in [1.29, 1.82) is 0 Å². The lowest BCUT2D eigenvalue weighted by Gasteiger charge is -2.22. The predicted molar refractivity (Wildman–Crippen MR) is 54.1 cm³/mol. The van der Waals surface area contributed by atoms with Gasteiger partial charge in [-0.05, 0) is 36.5 Å². The fourth-order valence-corrected chi connectivity index (χ4v) is 1.87. The first-order chi connectivity index (χ1) is 7.88. The van der Waals surface area contributed by atoms with Crippen molar-refractivity contribution in [1.82, 2.24) is 0 Å². The molecule has 1 unspecified atom stereocenters. The van der Waals surface area contributed by atoms with Gasteiger partial charge in [-0.15, -0.1) is 0 Å². The largest absolute Gasteiger partial charge is 0.416 e. The summed E-state index contributed by atoms with van der Waals surface area (Å²) in [7, 11) is 0. The van der Waals surface area contributed by atoms with E-state index in [4.69, 9.17) is 0 Å². The molecule has 0 heterocycles. The average molecular weight is 244 g/mol. The zero-order chi connectivity index (χ0) is 12.7. The van der Waals surface area contributed by atoms with Crippen LogP contribution in [0.1, 0.15) is 24.0 Å². The SMILES string of the molecule is O=CC(O)(c1cccc(C(F)(F)F)c1)C1CC1. The highest BCUT2D eigenvalue weighted by Gasteiger charge is 2.45. The Kier molecular flexibility index (Phi) is 2.73. The molecule has 5 heteroatoms. The Hall–Kier alpha value is -1.36. The number of aldehydes is 1. The number of aliphatic hydroxyl groups is 1. The highest BCUT2D eigenvalue weighted by Crippen LogP contribution is 2.45. The summed E-state index contributed by atoms with van der Waals surface area (Å²) in [5, 5.41) is 10.1. The molecule has 1 aliphatic rings. The van der Waals surface area contributed by atoms with Crippen molar-refractivity contribution in [2.75, 3.05) is 0 Å². The molecule has 0 spiro atoms. The summed E-state index contributed by atoms with van der Waals surface area (Å²) in [6, 6.07) is 4.31. The second kappa shape index (κ2) is 3.84. The van der Waals surface area contributed by atoms with Crippen LogP contribution < -0.4 is 0 Å². The highest BCUT2D eigenvalue weighted by atomic mass is 19.4. The van der Waals surface area contributed by atoms with Crippen molar-refractivity contribution in [3.8, 4) is 0 Å². The van der Waals surface area contributed by atoms with Crippen LogP contribution in [0, 0.1) is 5.92 Å². The highest BCUT2D eigenvalue weighted by molar-refractivity contribution is 5.67. The second-order valence-corrected chi connectivity index (χ2v) is 4.30. The monoisotopic (exact) mass is 244 g/mol. The molecule has 0 saturated heterocycles. The van der Waals surface area contributed by atoms with Gasteiger partial charge in [0.2, 0.25) is 0 Å². The minimum atomic E-state index is -4.47. The van der Waals surface area contributed by atoms with Gasteiger partial charge in [0, 0.05) is 0 Å². The lowest BCUT2D eigenvalue weighted by molar-refractivity contribution is -0.138. The molecule has 1 atom stereocenters. The molecule has 0 amide bonds. The van der Waals surface area contributed by atoms with Crippen molar-refractivity contribution >= 4 is 6.29 Å². The Bertz CT molecular complexity index is 438. The van der Waals surface area contributed by atoms with E-state index in [1.807, 2.05) is 0 Å². The van der Waals surface area contributed by atoms with Gasteiger partial charge in [0.1, 0.15) is 5.60 Å². The summed E-state index contributed by atoms with van der Waals surface area (Å²) in [6.45, 7) is 0. The van der Waals surface area contributed by atoms with Gasteiger partial charge in [-0.1, -0.05) is 12.1 Å². The maximum atomic E-state index is 12.5. The van der Waals surface area contributed by atoms with E-state index < -0.39 is 17.3 Å². The summed E-state index contributed by atoms with van der Waals surface area (Å²) in [4.78, 5) is 10.9. The van der Waals surface area contributed by atoms with E-state index in [0.717, 1.165) is 12.1 Å². The van der Waals surface area contributed by atoms with Crippen molar-refractivity contribution in [3.05, 3.63) is 35.4 Å². The Morgan fingerprint density at radius 1 is 1.24 bits per heavy atom. The molecule has 1 aliphatic carbocycles. The van der Waals surface area contributed by atoms with Crippen molar-refractivity contribution in [2.24, 2.45) is 5.92 Å². The van der Waals surface area contributed by atoms with E-state index in [2.05, 4.69) is 0 Å². The maximum absolute atomic E-state index is 12.5. The fourth-order valence-electron chi connectivity index (χ4n) is 1.87. The second-order valence-electron chi connectivity index (χ2n) is 4.30. The molecule has 2 rings (SSSR count). The molecule has 1 aromatic carbocycles. The van der Waals surface area contributed by atoms with Crippen LogP contribution in [0.3, 0.4) is 0 Å². The van der Waals surface area contributed by atoms with Gasteiger partial charge in [-0.2, -0.15) is 13.2 Å². The molecular weight excluding hydrogens is 233 g/mol. The number of halogens is 3. The zero-order valence-corrected chi connectivity index (χ0v) is 8.87. The van der Waals surface area contributed by atoms with Crippen LogP contribution in [0.2, 0.25) is 0 Å². The predicted octanol–water partition coefficient (Wildman–Crippen LogP) is 2.50. The van der Waals surface area contributed by atoms with E-state index in [0.29, 0.717) is 19.1 Å². The average Bonchev–Trinajstić information content (AvgIpc) is 3.11. The minimum absolute atomic E-state index is 0.0184. The summed E-state index contributed by atoms with van der Waals surface area (Å²) in [6.07, 6.45) is -2.82. The van der Waals surface area contributed by atoms with Crippen LogP contribution in [0.5, 0.6) is 0 Å². The van der Waals surface area contributed by atoms with Crippen LogP contribution in [0.15, 0.2) is 24.3 Å². The topological polar surface area (TPSA) is 37.3 Å². The minimum Gasteiger partial charge on any atom is -0.377 e. The molecule has 1 fully saturated rings. The quantitative estimate of drug-likeness (QED) is 0.829. The molecule has 0 bridgehead atoms. The summed E-state index contributed by atoms with van der Waals surface area (Å²) in [5.41, 5.74) is -2.61. The van der Waals surface area contributed by atoms with E-state index in [1.165, 1.54) is 12.1 Å². The van der Waals surface area contributed by atoms with E-state index in [-0.39, 0.29) is 11.5 Å². The third-order valence-corrected chi connectivity index (χ3v) is 3.03.